The Morgan fingerprint density at radius 3 is 2.62 bits per heavy atom. The maximum absolute atomic E-state index is 12.6. The molecule has 10 nitrogen and oxygen atoms in total. The van der Waals surface area contributed by atoms with Gasteiger partial charge in [-0.25, -0.2) is 4.98 Å². The van der Waals surface area contributed by atoms with Gasteiger partial charge in [0.05, 0.1) is 38.5 Å². The van der Waals surface area contributed by atoms with Gasteiger partial charge in [-0.05, 0) is 43.2 Å². The molecule has 198 valence electrons. The number of carbonyl (C=O) groups excluding carboxylic acids is 1. The van der Waals surface area contributed by atoms with Gasteiger partial charge in [-0.3, -0.25) is 4.79 Å². The number of aliphatic hydroxyl groups excluding tert-OH is 3. The first kappa shape index (κ1) is 26.7. The first-order valence-corrected chi connectivity index (χ1v) is 12.3. The molecule has 1 aromatic heterocycles. The zero-order valence-corrected chi connectivity index (χ0v) is 21.6. The molecule has 2 aliphatic heterocycles. The molecule has 0 aliphatic carbocycles. The van der Waals surface area contributed by atoms with Crippen LogP contribution in [0.4, 0.5) is 5.82 Å². The SMILES string of the molecule is COc1ccc([C@@H]2CN(C(=O)[C@@H](O)CO)C[C@@]2(C)[C@@H](C)O)cc1OC1CN(c2ncc(C)cc2C#N)C1. The number of hydrogen-bond acceptors (Lipinski definition) is 9. The average Bonchev–Trinajstić information content (AvgIpc) is 3.23. The van der Waals surface area contributed by atoms with Gasteiger partial charge < -0.3 is 34.6 Å². The summed E-state index contributed by atoms with van der Waals surface area (Å²) in [6.45, 7) is 6.52. The Morgan fingerprint density at radius 1 is 1.27 bits per heavy atom. The maximum Gasteiger partial charge on any atom is 0.253 e. The Kier molecular flexibility index (Phi) is 7.59. The minimum absolute atomic E-state index is 0.136. The molecule has 0 spiro atoms. The molecule has 3 N–H and O–H groups in total. The third-order valence-corrected chi connectivity index (χ3v) is 7.61. The number of nitrogens with zero attached hydrogens (tertiary/aromatic N) is 4. The molecule has 4 atom stereocenters. The molecular formula is C27H34N4O6. The number of anilines is 1. The van der Waals surface area contributed by atoms with Crippen LogP contribution in [0.3, 0.4) is 0 Å². The minimum atomic E-state index is -1.49. The predicted octanol–water partition coefficient (Wildman–Crippen LogP) is 1.20. The van der Waals surface area contributed by atoms with Gasteiger partial charge in [-0.15, -0.1) is 0 Å². The monoisotopic (exact) mass is 510 g/mol. The highest BCUT2D eigenvalue weighted by Gasteiger charge is 2.49. The van der Waals surface area contributed by atoms with Crippen LogP contribution in [0, 0.1) is 23.7 Å². The molecule has 3 heterocycles. The minimum Gasteiger partial charge on any atom is -0.493 e. The number of benzene rings is 1. The normalized spacial score (nSPS) is 23.2. The number of pyridine rings is 1. The number of aryl methyl sites for hydroxylation is 1. The van der Waals surface area contributed by atoms with Crippen LogP contribution < -0.4 is 14.4 Å². The summed E-state index contributed by atoms with van der Waals surface area (Å²) in [5.41, 5.74) is 1.66. The van der Waals surface area contributed by atoms with Crippen molar-refractivity contribution in [2.45, 2.75) is 45.0 Å². The molecule has 1 aromatic carbocycles. The van der Waals surface area contributed by atoms with Crippen molar-refractivity contribution in [1.82, 2.24) is 9.88 Å². The van der Waals surface area contributed by atoms with Gasteiger partial charge >= 0.3 is 0 Å². The molecular weight excluding hydrogens is 476 g/mol. The zero-order chi connectivity index (χ0) is 26.9. The van der Waals surface area contributed by atoms with E-state index < -0.39 is 30.1 Å². The summed E-state index contributed by atoms with van der Waals surface area (Å²) < 4.78 is 11.8. The summed E-state index contributed by atoms with van der Waals surface area (Å²) in [5, 5.41) is 39.2. The van der Waals surface area contributed by atoms with Crippen LogP contribution in [0.25, 0.3) is 0 Å². The van der Waals surface area contributed by atoms with Crippen molar-refractivity contribution in [2.24, 2.45) is 5.41 Å². The Morgan fingerprint density at radius 2 is 2.00 bits per heavy atom. The fourth-order valence-corrected chi connectivity index (χ4v) is 5.14. The van der Waals surface area contributed by atoms with Crippen molar-refractivity contribution in [3.05, 3.63) is 47.2 Å². The largest absolute Gasteiger partial charge is 0.493 e. The number of aliphatic hydroxyl groups is 3. The van der Waals surface area contributed by atoms with E-state index in [1.807, 2.05) is 43.0 Å². The van der Waals surface area contributed by atoms with Crippen molar-refractivity contribution in [2.75, 3.05) is 44.8 Å². The molecule has 4 rings (SSSR count). The van der Waals surface area contributed by atoms with Crippen LogP contribution >= 0.6 is 0 Å². The van der Waals surface area contributed by atoms with Crippen molar-refractivity contribution in [1.29, 1.82) is 5.26 Å². The Bertz CT molecular complexity index is 1190. The Balaban J connectivity index is 1.53. The van der Waals surface area contributed by atoms with Crippen molar-refractivity contribution in [3.63, 3.8) is 0 Å². The molecule has 0 bridgehead atoms. The number of nitriles is 1. The molecule has 2 aromatic rings. The van der Waals surface area contributed by atoms with Crippen LogP contribution in [0.5, 0.6) is 11.5 Å². The van der Waals surface area contributed by atoms with Crippen molar-refractivity contribution < 1.29 is 29.6 Å². The summed E-state index contributed by atoms with van der Waals surface area (Å²) in [5.74, 6) is 0.965. The second kappa shape index (κ2) is 10.5. The number of likely N-dealkylation sites (tertiary alicyclic amines) is 1. The molecule has 0 radical (unpaired) electrons. The second-order valence-electron chi connectivity index (χ2n) is 10.2. The quantitative estimate of drug-likeness (QED) is 0.478. The summed E-state index contributed by atoms with van der Waals surface area (Å²) in [7, 11) is 1.57. The van der Waals surface area contributed by atoms with E-state index in [0.29, 0.717) is 36.0 Å². The van der Waals surface area contributed by atoms with Gasteiger partial charge in [0.1, 0.15) is 18.0 Å². The van der Waals surface area contributed by atoms with E-state index in [0.717, 1.165) is 11.1 Å². The van der Waals surface area contributed by atoms with Crippen molar-refractivity contribution in [3.8, 4) is 17.6 Å². The summed E-state index contributed by atoms with van der Waals surface area (Å²) in [4.78, 5) is 20.5. The van der Waals surface area contributed by atoms with Gasteiger partial charge in [-0.1, -0.05) is 13.0 Å². The Labute approximate surface area is 216 Å². The number of aromatic nitrogens is 1. The lowest BCUT2D eigenvalue weighted by molar-refractivity contribution is -0.141. The number of amides is 1. The molecule has 0 unspecified atom stereocenters. The number of hydrogen-bond donors (Lipinski definition) is 3. The number of rotatable bonds is 8. The number of ether oxygens (including phenoxy) is 2. The van der Waals surface area contributed by atoms with E-state index in [2.05, 4.69) is 11.1 Å². The number of carbonyl (C=O) groups is 1. The van der Waals surface area contributed by atoms with Crippen LogP contribution in [-0.2, 0) is 4.79 Å². The molecule has 10 heteroatoms. The molecule has 37 heavy (non-hydrogen) atoms. The summed E-state index contributed by atoms with van der Waals surface area (Å²) in [6, 6.07) is 9.61. The van der Waals surface area contributed by atoms with Crippen LogP contribution in [-0.4, -0.2) is 89.3 Å². The lowest BCUT2D eigenvalue weighted by Crippen LogP contribution is -2.54. The highest BCUT2D eigenvalue weighted by Crippen LogP contribution is 2.47. The first-order valence-electron chi connectivity index (χ1n) is 12.3. The van der Waals surface area contributed by atoms with E-state index in [4.69, 9.17) is 9.47 Å². The lowest BCUT2D eigenvalue weighted by Gasteiger charge is -2.40. The third-order valence-electron chi connectivity index (χ3n) is 7.61. The van der Waals surface area contributed by atoms with Gasteiger partial charge in [0, 0.05) is 30.6 Å². The van der Waals surface area contributed by atoms with Crippen LogP contribution in [0.2, 0.25) is 0 Å². The lowest BCUT2D eigenvalue weighted by atomic mass is 9.72. The van der Waals surface area contributed by atoms with Crippen molar-refractivity contribution >= 4 is 11.7 Å². The fraction of sp³-hybridized carbons (Fsp3) is 0.519. The van der Waals surface area contributed by atoms with Gasteiger partial charge in [-0.2, -0.15) is 5.26 Å². The molecule has 1 amide bonds. The summed E-state index contributed by atoms with van der Waals surface area (Å²) in [6.07, 6.45) is -0.615. The average molecular weight is 511 g/mol. The smallest absolute Gasteiger partial charge is 0.253 e. The van der Waals surface area contributed by atoms with E-state index in [1.165, 1.54) is 4.90 Å². The van der Waals surface area contributed by atoms with E-state index in [-0.39, 0.29) is 25.1 Å². The van der Waals surface area contributed by atoms with Crippen LogP contribution in [0.15, 0.2) is 30.5 Å². The number of methoxy groups -OCH3 is 1. The van der Waals surface area contributed by atoms with Crippen LogP contribution in [0.1, 0.15) is 36.5 Å². The highest BCUT2D eigenvalue weighted by atomic mass is 16.5. The van der Waals surface area contributed by atoms with Gasteiger partial charge in [0.15, 0.2) is 17.6 Å². The van der Waals surface area contributed by atoms with Gasteiger partial charge in [0.2, 0.25) is 0 Å². The van der Waals surface area contributed by atoms with Gasteiger partial charge in [0.25, 0.3) is 5.91 Å². The van der Waals surface area contributed by atoms with E-state index in [1.54, 1.807) is 20.2 Å². The second-order valence-corrected chi connectivity index (χ2v) is 10.2. The fourth-order valence-electron chi connectivity index (χ4n) is 5.14. The Hall–Kier alpha value is -3.39. The van der Waals surface area contributed by atoms with E-state index in [9.17, 15) is 25.4 Å². The predicted molar refractivity (Wildman–Crippen MR) is 136 cm³/mol. The third kappa shape index (κ3) is 5.07. The molecule has 2 aliphatic rings. The molecule has 0 saturated carbocycles. The first-order chi connectivity index (χ1) is 17.6. The standard InChI is InChI=1S/C27H34N4O6/c1-16-7-19(9-28)25(29-10-16)30-11-20(12-30)37-24-8-18(5-6-23(24)36-4)21-13-31(26(35)22(34)14-32)15-27(21,3)17(2)33/h5-8,10,17,20-22,32-34H,11-15H2,1-4H3/t17-,21+,22+,27+/m1/s1. The molecule has 2 saturated heterocycles. The zero-order valence-electron chi connectivity index (χ0n) is 21.6. The topological polar surface area (TPSA) is 139 Å². The molecule has 2 fully saturated rings. The summed E-state index contributed by atoms with van der Waals surface area (Å²) >= 11 is 0. The highest BCUT2D eigenvalue weighted by molar-refractivity contribution is 5.81. The maximum atomic E-state index is 12.6. The van der Waals surface area contributed by atoms with E-state index >= 15 is 0 Å².